The Balaban J connectivity index is 2.08. The number of carbonyl (C=O) groups excluding carboxylic acids is 2. The van der Waals surface area contributed by atoms with Gasteiger partial charge in [0.1, 0.15) is 5.92 Å². The molecule has 124 valence electrons. The topological polar surface area (TPSA) is 82.9 Å². The van der Waals surface area contributed by atoms with Crippen LogP contribution in [0.15, 0.2) is 36.4 Å². The third kappa shape index (κ3) is 4.63. The van der Waals surface area contributed by atoms with Gasteiger partial charge in [-0.15, -0.1) is 0 Å². The molecule has 1 aromatic carbocycles. The number of pyridine rings is 1. The van der Waals surface area contributed by atoms with E-state index in [1.807, 2.05) is 57.2 Å². The van der Waals surface area contributed by atoms with Crippen molar-refractivity contribution in [1.29, 1.82) is 5.26 Å². The Hall–Kier alpha value is -2.74. The first-order chi connectivity index (χ1) is 11.3. The van der Waals surface area contributed by atoms with Crippen molar-refractivity contribution in [3.05, 3.63) is 42.1 Å². The summed E-state index contributed by atoms with van der Waals surface area (Å²) < 4.78 is 0. The van der Waals surface area contributed by atoms with Crippen LogP contribution in [0.2, 0.25) is 0 Å². The van der Waals surface area contributed by atoms with Gasteiger partial charge in [0.2, 0.25) is 5.91 Å². The van der Waals surface area contributed by atoms with E-state index < -0.39 is 5.92 Å². The fourth-order valence-corrected chi connectivity index (χ4v) is 2.38. The number of rotatable bonds is 5. The summed E-state index contributed by atoms with van der Waals surface area (Å²) in [5.41, 5.74) is 0.993. The van der Waals surface area contributed by atoms with E-state index in [2.05, 4.69) is 10.3 Å². The minimum absolute atomic E-state index is 0.151. The summed E-state index contributed by atoms with van der Waals surface area (Å²) in [6.45, 7) is 5.68. The van der Waals surface area contributed by atoms with E-state index >= 15 is 0 Å². The molecule has 1 amide bonds. The van der Waals surface area contributed by atoms with Gasteiger partial charge >= 0.3 is 0 Å². The first kappa shape index (κ1) is 17.6. The molecule has 0 spiro atoms. The van der Waals surface area contributed by atoms with Crippen LogP contribution in [0.1, 0.15) is 38.8 Å². The number of hydrogen-bond acceptors (Lipinski definition) is 4. The summed E-state index contributed by atoms with van der Waals surface area (Å²) >= 11 is 0. The van der Waals surface area contributed by atoms with E-state index in [0.29, 0.717) is 12.1 Å². The maximum absolute atomic E-state index is 12.3. The van der Waals surface area contributed by atoms with Crippen molar-refractivity contribution in [3.8, 4) is 6.07 Å². The fraction of sp³-hybridized carbons (Fsp3) is 0.368. The molecule has 24 heavy (non-hydrogen) atoms. The van der Waals surface area contributed by atoms with E-state index in [9.17, 15) is 14.9 Å². The van der Waals surface area contributed by atoms with Crippen molar-refractivity contribution in [2.75, 3.05) is 6.54 Å². The molecule has 1 heterocycles. The molecule has 0 aliphatic heterocycles. The second-order valence-corrected chi connectivity index (χ2v) is 6.97. The molecule has 0 saturated heterocycles. The lowest BCUT2D eigenvalue weighted by atomic mass is 9.92. The molecule has 2 aromatic rings. The van der Waals surface area contributed by atoms with Crippen molar-refractivity contribution in [2.45, 2.75) is 33.1 Å². The number of nitrogens with one attached hydrogen (secondary N) is 1. The normalized spacial score (nSPS) is 12.4. The number of benzene rings is 1. The summed E-state index contributed by atoms with van der Waals surface area (Å²) in [4.78, 5) is 28.5. The average molecular weight is 323 g/mol. The Morgan fingerprint density at radius 3 is 2.58 bits per heavy atom. The lowest BCUT2D eigenvalue weighted by molar-refractivity contribution is -0.126. The summed E-state index contributed by atoms with van der Waals surface area (Å²) in [5, 5.41) is 12.9. The fourth-order valence-electron chi connectivity index (χ4n) is 2.38. The molecule has 0 fully saturated rings. The number of fused-ring (bicyclic) bond motifs is 1. The van der Waals surface area contributed by atoms with Gasteiger partial charge in [-0.2, -0.15) is 5.26 Å². The first-order valence-corrected chi connectivity index (χ1v) is 7.85. The molecule has 5 nitrogen and oxygen atoms in total. The van der Waals surface area contributed by atoms with Gasteiger partial charge in [0.25, 0.3) is 0 Å². The maximum atomic E-state index is 12.3. The molecule has 1 N–H and O–H groups in total. The largest absolute Gasteiger partial charge is 0.349 e. The molecular formula is C19H21N3O2. The molecule has 0 radical (unpaired) electrons. The first-order valence-electron chi connectivity index (χ1n) is 7.85. The minimum Gasteiger partial charge on any atom is -0.349 e. The van der Waals surface area contributed by atoms with Gasteiger partial charge in [0, 0.05) is 11.8 Å². The van der Waals surface area contributed by atoms with E-state index in [1.54, 1.807) is 6.07 Å². The summed E-state index contributed by atoms with van der Waals surface area (Å²) in [5.74, 6) is -1.54. The number of ketones is 1. The summed E-state index contributed by atoms with van der Waals surface area (Å²) in [6, 6.07) is 13.0. The van der Waals surface area contributed by atoms with Crippen molar-refractivity contribution >= 4 is 22.6 Å². The van der Waals surface area contributed by atoms with Gasteiger partial charge in [0.05, 0.1) is 23.8 Å². The van der Waals surface area contributed by atoms with Crippen molar-refractivity contribution in [2.24, 2.45) is 5.41 Å². The Morgan fingerprint density at radius 1 is 1.21 bits per heavy atom. The Morgan fingerprint density at radius 2 is 1.92 bits per heavy atom. The van der Waals surface area contributed by atoms with Crippen LogP contribution in [-0.4, -0.2) is 23.2 Å². The highest BCUT2D eigenvalue weighted by atomic mass is 16.2. The lowest BCUT2D eigenvalue weighted by Gasteiger charge is -2.17. The Kier molecular flexibility index (Phi) is 5.30. The smallest absolute Gasteiger partial charge is 0.220 e. The number of Topliss-reactive ketones (excluding diaryl/α,β-unsaturated/α-hetero) is 1. The zero-order valence-corrected chi connectivity index (χ0v) is 14.2. The van der Waals surface area contributed by atoms with E-state index in [0.717, 1.165) is 10.9 Å². The van der Waals surface area contributed by atoms with Crippen molar-refractivity contribution in [3.63, 3.8) is 0 Å². The van der Waals surface area contributed by atoms with E-state index in [1.165, 1.54) is 0 Å². The van der Waals surface area contributed by atoms with Crippen LogP contribution in [0.4, 0.5) is 0 Å². The van der Waals surface area contributed by atoms with E-state index in [-0.39, 0.29) is 23.7 Å². The number of amides is 1. The predicted octanol–water partition coefficient (Wildman–Crippen LogP) is 2.96. The molecule has 1 atom stereocenters. The molecule has 1 aromatic heterocycles. The van der Waals surface area contributed by atoms with Crippen LogP contribution in [0, 0.1) is 16.7 Å². The third-order valence-electron chi connectivity index (χ3n) is 3.52. The van der Waals surface area contributed by atoms with Crippen LogP contribution < -0.4 is 5.32 Å². The SMILES string of the molecule is CC(C)(C)CC(=O)NCC(=O)C(C#N)c1ccc2ccccc2n1. The van der Waals surface area contributed by atoms with Crippen LogP contribution in [0.25, 0.3) is 10.9 Å². The average Bonchev–Trinajstić information content (AvgIpc) is 2.52. The molecule has 1 unspecified atom stereocenters. The van der Waals surface area contributed by atoms with Gasteiger partial charge in [-0.3, -0.25) is 14.6 Å². The highest BCUT2D eigenvalue weighted by Gasteiger charge is 2.23. The van der Waals surface area contributed by atoms with Gasteiger partial charge in [-0.1, -0.05) is 45.0 Å². The number of aromatic nitrogens is 1. The number of hydrogen-bond donors (Lipinski definition) is 1. The maximum Gasteiger partial charge on any atom is 0.220 e. The molecular weight excluding hydrogens is 302 g/mol. The predicted molar refractivity (Wildman–Crippen MR) is 92.2 cm³/mol. The van der Waals surface area contributed by atoms with Crippen LogP contribution in [-0.2, 0) is 9.59 Å². The minimum atomic E-state index is -0.982. The third-order valence-corrected chi connectivity index (χ3v) is 3.52. The van der Waals surface area contributed by atoms with Gasteiger partial charge in [-0.05, 0) is 17.5 Å². The summed E-state index contributed by atoms with van der Waals surface area (Å²) in [6.07, 6.45) is 0.325. The number of carbonyl (C=O) groups is 2. The number of nitriles is 1. The molecule has 0 bridgehead atoms. The second kappa shape index (κ2) is 7.22. The summed E-state index contributed by atoms with van der Waals surface area (Å²) in [7, 11) is 0. The molecule has 0 saturated carbocycles. The van der Waals surface area contributed by atoms with Crippen LogP contribution >= 0.6 is 0 Å². The van der Waals surface area contributed by atoms with Crippen molar-refractivity contribution in [1.82, 2.24) is 10.3 Å². The van der Waals surface area contributed by atoms with Gasteiger partial charge in [0.15, 0.2) is 5.78 Å². The zero-order chi connectivity index (χ0) is 17.7. The van der Waals surface area contributed by atoms with E-state index in [4.69, 9.17) is 0 Å². The highest BCUT2D eigenvalue weighted by Crippen LogP contribution is 2.19. The Labute approximate surface area is 141 Å². The van der Waals surface area contributed by atoms with Gasteiger partial charge in [-0.25, -0.2) is 0 Å². The molecule has 0 aliphatic carbocycles. The lowest BCUT2D eigenvalue weighted by Crippen LogP contribution is -2.34. The van der Waals surface area contributed by atoms with Gasteiger partial charge < -0.3 is 5.32 Å². The van der Waals surface area contributed by atoms with Crippen molar-refractivity contribution < 1.29 is 9.59 Å². The highest BCUT2D eigenvalue weighted by molar-refractivity contribution is 5.93. The quantitative estimate of drug-likeness (QED) is 0.917. The van der Waals surface area contributed by atoms with Crippen LogP contribution in [0.5, 0.6) is 0 Å². The number of nitrogens with zero attached hydrogens (tertiary/aromatic N) is 2. The number of para-hydroxylation sites is 1. The molecule has 2 rings (SSSR count). The molecule has 0 aliphatic rings. The standard InChI is InChI=1S/C19H21N3O2/c1-19(2,3)10-18(24)21-12-17(23)14(11-20)16-9-8-13-6-4-5-7-15(13)22-16/h4-9,14H,10,12H2,1-3H3,(H,21,24). The van der Waals surface area contributed by atoms with Crippen LogP contribution in [0.3, 0.4) is 0 Å². The Bertz CT molecular complexity index is 800. The molecule has 5 heteroatoms. The zero-order valence-electron chi connectivity index (χ0n) is 14.2. The monoisotopic (exact) mass is 323 g/mol. The second-order valence-electron chi connectivity index (χ2n) is 6.97.